The van der Waals surface area contributed by atoms with E-state index >= 15 is 0 Å². The molecule has 2 atom stereocenters. The molecule has 0 aromatic rings. The monoisotopic (exact) mass is 337 g/mol. The number of ketones is 1. The lowest BCUT2D eigenvalue weighted by Crippen LogP contribution is -2.46. The van der Waals surface area contributed by atoms with E-state index in [0.717, 1.165) is 12.8 Å². The summed E-state index contributed by atoms with van der Waals surface area (Å²) in [5.74, 6) is 0.749. The van der Waals surface area contributed by atoms with Gasteiger partial charge in [-0.2, -0.15) is 0 Å². The first kappa shape index (κ1) is 20.7. The topological polar surface area (TPSA) is 55.4 Å². The molecule has 0 unspecified atom stereocenters. The molecule has 1 aliphatic rings. The summed E-state index contributed by atoms with van der Waals surface area (Å²) in [4.78, 5) is 24.5. The highest BCUT2D eigenvalue weighted by Crippen LogP contribution is 2.26. The van der Waals surface area contributed by atoms with Gasteiger partial charge in [0.1, 0.15) is 5.60 Å². The Morgan fingerprint density at radius 2 is 1.83 bits per heavy atom. The summed E-state index contributed by atoms with van der Waals surface area (Å²) in [6, 6.07) is -0.521. The first-order valence-corrected chi connectivity index (χ1v) is 9.42. The number of rotatable bonds is 7. The predicted octanol–water partition coefficient (Wildman–Crippen LogP) is 5.02. The van der Waals surface area contributed by atoms with Crippen LogP contribution >= 0.6 is 0 Å². The molecule has 4 nitrogen and oxygen atoms in total. The van der Waals surface area contributed by atoms with Crippen LogP contribution in [0.4, 0.5) is 4.79 Å². The first-order chi connectivity index (χ1) is 11.2. The maximum absolute atomic E-state index is 12.5. The average molecular weight is 338 g/mol. The Morgan fingerprint density at radius 1 is 1.21 bits per heavy atom. The van der Waals surface area contributed by atoms with Crippen molar-refractivity contribution in [3.05, 3.63) is 12.2 Å². The van der Waals surface area contributed by atoms with E-state index in [2.05, 4.69) is 5.32 Å². The Hall–Kier alpha value is -1.32. The van der Waals surface area contributed by atoms with Gasteiger partial charge in [-0.25, -0.2) is 4.79 Å². The van der Waals surface area contributed by atoms with Gasteiger partial charge in [-0.05, 0) is 45.1 Å². The maximum Gasteiger partial charge on any atom is 0.408 e. The summed E-state index contributed by atoms with van der Waals surface area (Å²) in [5, 5.41) is 2.75. The lowest BCUT2D eigenvalue weighted by molar-refractivity contribution is -0.117. The summed E-state index contributed by atoms with van der Waals surface area (Å²) in [6.45, 7) is 9.45. The number of hydrogen-bond donors (Lipinski definition) is 1. The lowest BCUT2D eigenvalue weighted by Gasteiger charge is -2.25. The van der Waals surface area contributed by atoms with Crippen molar-refractivity contribution in [3.63, 3.8) is 0 Å². The van der Waals surface area contributed by atoms with Crippen molar-refractivity contribution in [2.24, 2.45) is 11.8 Å². The highest BCUT2D eigenvalue weighted by molar-refractivity contribution is 5.96. The smallest absolute Gasteiger partial charge is 0.408 e. The third-order valence-corrected chi connectivity index (χ3v) is 4.67. The molecule has 1 saturated carbocycles. The van der Waals surface area contributed by atoms with Crippen molar-refractivity contribution in [1.29, 1.82) is 0 Å². The van der Waals surface area contributed by atoms with E-state index in [-0.39, 0.29) is 11.7 Å². The van der Waals surface area contributed by atoms with Gasteiger partial charge in [0.25, 0.3) is 0 Å². The second-order valence-corrected chi connectivity index (χ2v) is 8.05. The van der Waals surface area contributed by atoms with Crippen LogP contribution in [0.15, 0.2) is 12.2 Å². The van der Waals surface area contributed by atoms with E-state index in [9.17, 15) is 9.59 Å². The van der Waals surface area contributed by atoms with E-state index in [0.29, 0.717) is 5.92 Å². The highest BCUT2D eigenvalue weighted by atomic mass is 16.6. The van der Waals surface area contributed by atoms with Crippen LogP contribution in [0.1, 0.15) is 79.6 Å². The molecule has 0 bridgehead atoms. The molecule has 4 heteroatoms. The number of carbonyl (C=O) groups is 2. The van der Waals surface area contributed by atoms with Crippen LogP contribution in [0.5, 0.6) is 0 Å². The van der Waals surface area contributed by atoms with Crippen molar-refractivity contribution < 1.29 is 14.3 Å². The number of allylic oxidation sites excluding steroid dienone is 1. The number of ether oxygens (including phenoxy) is 1. The minimum absolute atomic E-state index is 0.0361. The molecule has 1 N–H and O–H groups in total. The molecular formula is C20H35NO3. The predicted molar refractivity (Wildman–Crippen MR) is 98.0 cm³/mol. The standard InChI is InChI=1S/C20H35NO3/c1-6-15(2)18(21-19(23)24-20(3,4)5)17(22)14-10-13-16-11-8-7-9-12-16/h10,14-16,18H,6-9,11-13H2,1-5H3,(H,21,23)/b14-10+/t15-,18-/m0/s1. The van der Waals surface area contributed by atoms with Gasteiger partial charge in [0.15, 0.2) is 5.78 Å². The van der Waals surface area contributed by atoms with Crippen molar-refractivity contribution >= 4 is 11.9 Å². The fourth-order valence-corrected chi connectivity index (χ4v) is 3.07. The molecule has 1 fully saturated rings. The second kappa shape index (κ2) is 9.85. The van der Waals surface area contributed by atoms with Crippen molar-refractivity contribution in [1.82, 2.24) is 5.32 Å². The third-order valence-electron chi connectivity index (χ3n) is 4.67. The van der Waals surface area contributed by atoms with E-state index < -0.39 is 17.7 Å². The van der Waals surface area contributed by atoms with Crippen LogP contribution in [0.25, 0.3) is 0 Å². The van der Waals surface area contributed by atoms with E-state index in [1.807, 2.05) is 40.7 Å². The second-order valence-electron chi connectivity index (χ2n) is 8.05. The van der Waals surface area contributed by atoms with Gasteiger partial charge in [-0.15, -0.1) is 0 Å². The molecule has 138 valence electrons. The molecule has 1 rings (SSSR count). The number of amides is 1. The first-order valence-electron chi connectivity index (χ1n) is 9.42. The zero-order valence-electron chi connectivity index (χ0n) is 16.1. The molecule has 1 amide bonds. The average Bonchev–Trinajstić information content (AvgIpc) is 2.51. The van der Waals surface area contributed by atoms with E-state index in [4.69, 9.17) is 4.74 Å². The maximum atomic E-state index is 12.5. The van der Waals surface area contributed by atoms with Crippen molar-refractivity contribution in [3.8, 4) is 0 Å². The van der Waals surface area contributed by atoms with Crippen LogP contribution in [-0.2, 0) is 9.53 Å². The largest absolute Gasteiger partial charge is 0.444 e. The Morgan fingerprint density at radius 3 is 2.38 bits per heavy atom. The molecule has 0 aliphatic heterocycles. The number of nitrogens with one attached hydrogen (secondary N) is 1. The molecule has 24 heavy (non-hydrogen) atoms. The minimum Gasteiger partial charge on any atom is -0.444 e. The molecule has 0 heterocycles. The Labute approximate surface area is 147 Å². The summed E-state index contributed by atoms with van der Waals surface area (Å²) < 4.78 is 5.29. The van der Waals surface area contributed by atoms with Crippen LogP contribution in [-0.4, -0.2) is 23.5 Å². The van der Waals surface area contributed by atoms with Gasteiger partial charge in [-0.1, -0.05) is 58.4 Å². The molecule has 0 radical (unpaired) electrons. The summed E-state index contributed by atoms with van der Waals surface area (Å²) in [6.07, 6.45) is 11.4. The molecule has 0 aromatic carbocycles. The Balaban J connectivity index is 2.58. The molecular weight excluding hydrogens is 302 g/mol. The fraction of sp³-hybridized carbons (Fsp3) is 0.800. The Bertz CT molecular complexity index is 431. The Kier molecular flexibility index (Phi) is 8.51. The fourth-order valence-electron chi connectivity index (χ4n) is 3.07. The number of hydrogen-bond acceptors (Lipinski definition) is 3. The van der Waals surface area contributed by atoms with Crippen LogP contribution in [0.2, 0.25) is 0 Å². The minimum atomic E-state index is -0.566. The molecule has 0 spiro atoms. The number of carbonyl (C=O) groups excluding carboxylic acids is 2. The normalized spacial score (nSPS) is 19.0. The van der Waals surface area contributed by atoms with Gasteiger partial charge < -0.3 is 10.1 Å². The molecule has 1 aliphatic carbocycles. The van der Waals surface area contributed by atoms with E-state index in [1.165, 1.54) is 32.1 Å². The van der Waals surface area contributed by atoms with Crippen LogP contribution < -0.4 is 5.32 Å². The van der Waals surface area contributed by atoms with E-state index in [1.54, 1.807) is 6.08 Å². The zero-order chi connectivity index (χ0) is 18.2. The SMILES string of the molecule is CC[C@H](C)[C@H](NC(=O)OC(C)(C)C)C(=O)/C=C/CC1CCCCC1. The van der Waals surface area contributed by atoms with Gasteiger partial charge in [-0.3, -0.25) is 4.79 Å². The summed E-state index contributed by atoms with van der Waals surface area (Å²) in [7, 11) is 0. The van der Waals surface area contributed by atoms with Crippen LogP contribution in [0.3, 0.4) is 0 Å². The van der Waals surface area contributed by atoms with Gasteiger partial charge >= 0.3 is 6.09 Å². The van der Waals surface area contributed by atoms with Gasteiger partial charge in [0.2, 0.25) is 0 Å². The van der Waals surface area contributed by atoms with Crippen LogP contribution in [0, 0.1) is 11.8 Å². The highest BCUT2D eigenvalue weighted by Gasteiger charge is 2.26. The third kappa shape index (κ3) is 7.98. The quantitative estimate of drug-likeness (QED) is 0.663. The zero-order valence-corrected chi connectivity index (χ0v) is 16.1. The number of alkyl carbamates (subject to hydrolysis) is 1. The van der Waals surface area contributed by atoms with Gasteiger partial charge in [0.05, 0.1) is 6.04 Å². The summed E-state index contributed by atoms with van der Waals surface area (Å²) in [5.41, 5.74) is -0.566. The lowest BCUT2D eigenvalue weighted by atomic mass is 9.86. The molecule has 0 saturated heterocycles. The van der Waals surface area contributed by atoms with Crippen molar-refractivity contribution in [2.75, 3.05) is 0 Å². The van der Waals surface area contributed by atoms with Gasteiger partial charge in [0, 0.05) is 0 Å². The molecule has 0 aromatic heterocycles. The van der Waals surface area contributed by atoms with Crippen molar-refractivity contribution in [2.45, 2.75) is 91.2 Å². The summed E-state index contributed by atoms with van der Waals surface area (Å²) >= 11 is 0.